The first kappa shape index (κ1) is 9.27. The number of benzene rings is 1. The maximum atomic E-state index is 5.65. The number of hydrogen-bond donors (Lipinski definition) is 1. The molecule has 1 unspecified atom stereocenters. The lowest BCUT2D eigenvalue weighted by atomic mass is 9.96. The molecule has 1 atom stereocenters. The second-order valence-electron chi connectivity index (χ2n) is 3.25. The van der Waals surface area contributed by atoms with Crippen molar-refractivity contribution in [2.24, 2.45) is 5.73 Å². The van der Waals surface area contributed by atoms with Crippen LogP contribution >= 0.6 is 0 Å². The first-order chi connectivity index (χ1) is 5.77. The first-order valence-electron chi connectivity index (χ1n) is 4.54. The normalized spacial score (nSPS) is 12.9. The van der Waals surface area contributed by atoms with E-state index in [1.807, 2.05) is 0 Å². The third kappa shape index (κ3) is 2.08. The van der Waals surface area contributed by atoms with Gasteiger partial charge in [-0.3, -0.25) is 0 Å². The number of nitrogens with two attached hydrogens (primary N) is 1. The predicted octanol–water partition coefficient (Wildman–Crippen LogP) is 2.45. The molecule has 1 aromatic rings. The van der Waals surface area contributed by atoms with Crippen molar-refractivity contribution in [2.75, 3.05) is 6.54 Å². The lowest BCUT2D eigenvalue weighted by Gasteiger charge is -2.12. The number of rotatable bonds is 3. The third-order valence-electron chi connectivity index (χ3n) is 2.33. The van der Waals surface area contributed by atoms with E-state index in [-0.39, 0.29) is 0 Å². The van der Waals surface area contributed by atoms with Gasteiger partial charge in [-0.25, -0.2) is 0 Å². The molecule has 0 amide bonds. The Morgan fingerprint density at radius 3 is 2.25 bits per heavy atom. The molecule has 0 fully saturated rings. The molecule has 0 aliphatic heterocycles. The standard InChI is InChI=1S/C11H17N/c1-3-10(8-12)11-6-4-9(2)5-7-11/h4-7,10H,3,8,12H2,1-2H3. The molecule has 1 aromatic carbocycles. The Morgan fingerprint density at radius 2 is 1.83 bits per heavy atom. The quantitative estimate of drug-likeness (QED) is 0.727. The van der Waals surface area contributed by atoms with E-state index in [2.05, 4.69) is 38.1 Å². The van der Waals surface area contributed by atoms with Crippen LogP contribution < -0.4 is 5.73 Å². The molecule has 0 saturated carbocycles. The minimum absolute atomic E-state index is 0.533. The molecule has 12 heavy (non-hydrogen) atoms. The van der Waals surface area contributed by atoms with E-state index in [1.165, 1.54) is 11.1 Å². The van der Waals surface area contributed by atoms with Crippen LogP contribution in [0.3, 0.4) is 0 Å². The molecule has 0 aromatic heterocycles. The zero-order valence-electron chi connectivity index (χ0n) is 7.88. The molecule has 1 rings (SSSR count). The minimum Gasteiger partial charge on any atom is -0.330 e. The van der Waals surface area contributed by atoms with Crippen LogP contribution in [-0.2, 0) is 0 Å². The predicted molar refractivity (Wildman–Crippen MR) is 53.3 cm³/mol. The Morgan fingerprint density at radius 1 is 1.25 bits per heavy atom. The molecule has 0 bridgehead atoms. The molecule has 66 valence electrons. The van der Waals surface area contributed by atoms with Crippen LogP contribution in [0.15, 0.2) is 24.3 Å². The van der Waals surface area contributed by atoms with Crippen molar-refractivity contribution in [3.05, 3.63) is 35.4 Å². The van der Waals surface area contributed by atoms with Gasteiger partial charge in [0.25, 0.3) is 0 Å². The summed E-state index contributed by atoms with van der Waals surface area (Å²) >= 11 is 0. The Bertz CT molecular complexity index is 221. The zero-order valence-corrected chi connectivity index (χ0v) is 7.88. The summed E-state index contributed by atoms with van der Waals surface area (Å²) in [5.74, 6) is 0.533. The van der Waals surface area contributed by atoms with Crippen LogP contribution in [0.4, 0.5) is 0 Å². The van der Waals surface area contributed by atoms with E-state index in [4.69, 9.17) is 5.73 Å². The van der Waals surface area contributed by atoms with Crippen molar-refractivity contribution in [1.82, 2.24) is 0 Å². The van der Waals surface area contributed by atoms with Gasteiger partial charge >= 0.3 is 0 Å². The summed E-state index contributed by atoms with van der Waals surface area (Å²) in [4.78, 5) is 0. The Balaban J connectivity index is 2.80. The van der Waals surface area contributed by atoms with E-state index < -0.39 is 0 Å². The summed E-state index contributed by atoms with van der Waals surface area (Å²) in [5.41, 5.74) is 8.33. The van der Waals surface area contributed by atoms with Crippen molar-refractivity contribution in [1.29, 1.82) is 0 Å². The highest BCUT2D eigenvalue weighted by Crippen LogP contribution is 2.17. The maximum Gasteiger partial charge on any atom is -0.000834 e. The first-order valence-corrected chi connectivity index (χ1v) is 4.54. The van der Waals surface area contributed by atoms with E-state index >= 15 is 0 Å². The minimum atomic E-state index is 0.533. The molecule has 0 aliphatic carbocycles. The number of aryl methyl sites for hydroxylation is 1. The van der Waals surface area contributed by atoms with Crippen LogP contribution in [0.1, 0.15) is 30.4 Å². The average molecular weight is 163 g/mol. The molecule has 0 heterocycles. The molecule has 2 N–H and O–H groups in total. The van der Waals surface area contributed by atoms with Crippen molar-refractivity contribution >= 4 is 0 Å². The Labute approximate surface area is 74.6 Å². The van der Waals surface area contributed by atoms with Gasteiger partial charge in [0.15, 0.2) is 0 Å². The highest BCUT2D eigenvalue weighted by atomic mass is 14.5. The molecular formula is C11H17N. The van der Waals surface area contributed by atoms with Gasteiger partial charge in [0.1, 0.15) is 0 Å². The summed E-state index contributed by atoms with van der Waals surface area (Å²) in [5, 5.41) is 0. The second kappa shape index (κ2) is 4.27. The maximum absolute atomic E-state index is 5.65. The number of hydrogen-bond acceptors (Lipinski definition) is 1. The second-order valence-corrected chi connectivity index (χ2v) is 3.25. The van der Waals surface area contributed by atoms with Gasteiger partial charge in [-0.05, 0) is 31.4 Å². The van der Waals surface area contributed by atoms with Crippen molar-refractivity contribution < 1.29 is 0 Å². The Hall–Kier alpha value is -0.820. The van der Waals surface area contributed by atoms with Gasteiger partial charge in [0, 0.05) is 0 Å². The molecular weight excluding hydrogens is 146 g/mol. The summed E-state index contributed by atoms with van der Waals surface area (Å²) in [6, 6.07) is 8.65. The van der Waals surface area contributed by atoms with Gasteiger partial charge in [-0.2, -0.15) is 0 Å². The van der Waals surface area contributed by atoms with Crippen molar-refractivity contribution in [3.8, 4) is 0 Å². The molecule has 0 aliphatic rings. The highest BCUT2D eigenvalue weighted by Gasteiger charge is 2.05. The van der Waals surface area contributed by atoms with Gasteiger partial charge < -0.3 is 5.73 Å². The van der Waals surface area contributed by atoms with Crippen LogP contribution in [0.25, 0.3) is 0 Å². The SMILES string of the molecule is CCC(CN)c1ccc(C)cc1. The van der Waals surface area contributed by atoms with Crippen molar-refractivity contribution in [2.45, 2.75) is 26.2 Å². The molecule has 0 saturated heterocycles. The van der Waals surface area contributed by atoms with Crippen LogP contribution in [0.2, 0.25) is 0 Å². The van der Waals surface area contributed by atoms with Gasteiger partial charge in [-0.1, -0.05) is 36.8 Å². The smallest absolute Gasteiger partial charge is 0.000834 e. The fourth-order valence-corrected chi connectivity index (χ4v) is 1.38. The molecule has 0 spiro atoms. The molecule has 1 nitrogen and oxygen atoms in total. The fraction of sp³-hybridized carbons (Fsp3) is 0.455. The van der Waals surface area contributed by atoms with E-state index in [1.54, 1.807) is 0 Å². The van der Waals surface area contributed by atoms with Gasteiger partial charge in [0.2, 0.25) is 0 Å². The average Bonchev–Trinajstić information content (AvgIpc) is 2.10. The van der Waals surface area contributed by atoms with Crippen LogP contribution in [0, 0.1) is 6.92 Å². The summed E-state index contributed by atoms with van der Waals surface area (Å²) in [6.07, 6.45) is 1.12. The van der Waals surface area contributed by atoms with Crippen LogP contribution in [0.5, 0.6) is 0 Å². The molecule has 1 heteroatoms. The lowest BCUT2D eigenvalue weighted by molar-refractivity contribution is 0.674. The van der Waals surface area contributed by atoms with Gasteiger partial charge in [0.05, 0.1) is 0 Å². The zero-order chi connectivity index (χ0) is 8.97. The summed E-state index contributed by atoms with van der Waals surface area (Å²) in [7, 11) is 0. The monoisotopic (exact) mass is 163 g/mol. The van der Waals surface area contributed by atoms with E-state index in [0.717, 1.165) is 13.0 Å². The largest absolute Gasteiger partial charge is 0.330 e. The molecule has 0 radical (unpaired) electrons. The summed E-state index contributed by atoms with van der Waals surface area (Å²) < 4.78 is 0. The Kier molecular flexibility index (Phi) is 3.30. The third-order valence-corrected chi connectivity index (χ3v) is 2.33. The summed E-state index contributed by atoms with van der Waals surface area (Å²) in [6.45, 7) is 5.03. The van der Waals surface area contributed by atoms with Crippen LogP contribution in [-0.4, -0.2) is 6.54 Å². The lowest BCUT2D eigenvalue weighted by Crippen LogP contribution is -2.11. The van der Waals surface area contributed by atoms with E-state index in [9.17, 15) is 0 Å². The highest BCUT2D eigenvalue weighted by molar-refractivity contribution is 5.24. The topological polar surface area (TPSA) is 26.0 Å². The van der Waals surface area contributed by atoms with Gasteiger partial charge in [-0.15, -0.1) is 0 Å². The fourth-order valence-electron chi connectivity index (χ4n) is 1.38. The van der Waals surface area contributed by atoms with Crippen molar-refractivity contribution in [3.63, 3.8) is 0 Å². The van der Waals surface area contributed by atoms with E-state index in [0.29, 0.717) is 5.92 Å².